The predicted octanol–water partition coefficient (Wildman–Crippen LogP) is -0.242. The Morgan fingerprint density at radius 3 is 2.24 bits per heavy atom. The van der Waals surface area contributed by atoms with E-state index in [0.717, 1.165) is 12.1 Å². The molecule has 114 valence electrons. The first-order valence-corrected chi connectivity index (χ1v) is 5.76. The average molecular weight is 298 g/mol. The van der Waals surface area contributed by atoms with Gasteiger partial charge in [0.15, 0.2) is 0 Å². The molecule has 0 aliphatic carbocycles. The van der Waals surface area contributed by atoms with E-state index in [-0.39, 0.29) is 5.69 Å². The summed E-state index contributed by atoms with van der Waals surface area (Å²) in [7, 11) is 0. The molecule has 2 atom stereocenters. The fourth-order valence-corrected chi connectivity index (χ4v) is 1.57. The molecule has 21 heavy (non-hydrogen) atoms. The van der Waals surface area contributed by atoms with Crippen LogP contribution in [0.1, 0.15) is 16.8 Å². The molecule has 0 saturated heterocycles. The molecule has 1 unspecified atom stereocenters. The van der Waals surface area contributed by atoms with E-state index in [4.69, 9.17) is 21.1 Å². The topological polar surface area (TPSA) is 170 Å². The Bertz CT molecular complexity index is 573. The third-order valence-corrected chi connectivity index (χ3v) is 2.67. The van der Waals surface area contributed by atoms with Crippen LogP contribution >= 0.6 is 0 Å². The van der Waals surface area contributed by atoms with Crippen LogP contribution in [0.4, 0.5) is 5.69 Å². The van der Waals surface area contributed by atoms with E-state index in [0.29, 0.717) is 0 Å². The molecule has 7 N–H and O–H groups in total. The molecule has 1 aromatic carbocycles. The van der Waals surface area contributed by atoms with Crippen LogP contribution in [-0.2, 0) is 9.59 Å². The molecule has 1 aromatic rings. The van der Waals surface area contributed by atoms with Gasteiger partial charge in [0.25, 0.3) is 0 Å². The number of rotatable bonds is 7. The summed E-state index contributed by atoms with van der Waals surface area (Å²) < 4.78 is 0. The summed E-state index contributed by atoms with van der Waals surface area (Å²) in [5.74, 6) is -4.54. The highest BCUT2D eigenvalue weighted by Gasteiger charge is 2.24. The van der Waals surface area contributed by atoms with E-state index in [1.165, 1.54) is 6.07 Å². The van der Waals surface area contributed by atoms with Gasteiger partial charge in [0, 0.05) is 12.1 Å². The molecule has 0 spiro atoms. The maximum absolute atomic E-state index is 11.1. The smallest absolute Gasteiger partial charge is 0.339 e. The minimum Gasteiger partial charge on any atom is -0.507 e. The number of aliphatic carboxylic acids is 2. The number of hydrogen-bond donors (Lipinski definition) is 6. The Kier molecular flexibility index (Phi) is 5.08. The lowest BCUT2D eigenvalue weighted by atomic mass is 10.1. The van der Waals surface area contributed by atoms with Gasteiger partial charge in [0.05, 0.1) is 0 Å². The van der Waals surface area contributed by atoms with Gasteiger partial charge in [0.1, 0.15) is 23.4 Å². The van der Waals surface area contributed by atoms with E-state index in [2.05, 4.69) is 5.32 Å². The fraction of sp³-hybridized carbons (Fsp3) is 0.250. The molecule has 0 saturated carbocycles. The number of nitrogens with one attached hydrogen (secondary N) is 1. The number of nitrogens with two attached hydrogens (primary N) is 1. The van der Waals surface area contributed by atoms with Crippen molar-refractivity contribution in [2.24, 2.45) is 5.73 Å². The molecule has 9 heteroatoms. The Morgan fingerprint density at radius 1 is 1.14 bits per heavy atom. The summed E-state index contributed by atoms with van der Waals surface area (Å²) in [6.07, 6.45) is -0.395. The van der Waals surface area contributed by atoms with Crippen LogP contribution in [0.15, 0.2) is 18.2 Å². The molecule has 1 rings (SSSR count). The second kappa shape index (κ2) is 6.57. The standard InChI is InChI=1S/C12H14N2O7/c13-7(11(18)19)4-8(12(20)21)14-5-1-2-9(15)6(3-5)10(16)17/h1-3,7-8,14-15H,4,13H2,(H,16,17)(H,18,19)(H,20,21)/t7-,8?/m0/s1. The number of hydrogen-bond acceptors (Lipinski definition) is 6. The van der Waals surface area contributed by atoms with Gasteiger partial charge in [0.2, 0.25) is 0 Å². The van der Waals surface area contributed by atoms with Gasteiger partial charge >= 0.3 is 17.9 Å². The first-order valence-electron chi connectivity index (χ1n) is 5.76. The molecular formula is C12H14N2O7. The van der Waals surface area contributed by atoms with Gasteiger partial charge in [-0.3, -0.25) is 4.79 Å². The zero-order valence-electron chi connectivity index (χ0n) is 10.7. The lowest BCUT2D eigenvalue weighted by molar-refractivity contribution is -0.140. The van der Waals surface area contributed by atoms with Crippen LogP contribution < -0.4 is 11.1 Å². The van der Waals surface area contributed by atoms with Gasteiger partial charge in [-0.15, -0.1) is 0 Å². The molecule has 0 aliphatic rings. The van der Waals surface area contributed by atoms with Gasteiger partial charge in [-0.1, -0.05) is 0 Å². The van der Waals surface area contributed by atoms with E-state index < -0.39 is 47.7 Å². The summed E-state index contributed by atoms with van der Waals surface area (Å²) in [6, 6.07) is 0.697. The monoisotopic (exact) mass is 298 g/mol. The average Bonchev–Trinajstić information content (AvgIpc) is 2.39. The number of carbonyl (C=O) groups is 3. The van der Waals surface area contributed by atoms with Crippen LogP contribution in [0.2, 0.25) is 0 Å². The normalized spacial score (nSPS) is 13.2. The summed E-state index contributed by atoms with van der Waals surface area (Å²) in [4.78, 5) is 32.6. The van der Waals surface area contributed by atoms with Crippen molar-refractivity contribution in [3.05, 3.63) is 23.8 Å². The van der Waals surface area contributed by atoms with Crippen LogP contribution in [0, 0.1) is 0 Å². The second-order valence-corrected chi connectivity index (χ2v) is 4.25. The van der Waals surface area contributed by atoms with E-state index in [1.54, 1.807) is 0 Å². The van der Waals surface area contributed by atoms with Crippen LogP contribution in [0.5, 0.6) is 5.75 Å². The third-order valence-electron chi connectivity index (χ3n) is 2.67. The van der Waals surface area contributed by atoms with Crippen molar-refractivity contribution in [1.82, 2.24) is 0 Å². The highest BCUT2D eigenvalue weighted by Crippen LogP contribution is 2.22. The Hall–Kier alpha value is -2.81. The molecular weight excluding hydrogens is 284 g/mol. The van der Waals surface area contributed by atoms with Gasteiger partial charge in [-0.05, 0) is 18.2 Å². The Balaban J connectivity index is 2.94. The van der Waals surface area contributed by atoms with E-state index in [1.807, 2.05) is 0 Å². The lowest BCUT2D eigenvalue weighted by Gasteiger charge is -2.18. The van der Waals surface area contributed by atoms with Crippen molar-refractivity contribution in [2.45, 2.75) is 18.5 Å². The number of anilines is 1. The number of carboxylic acids is 3. The molecule has 0 bridgehead atoms. The Morgan fingerprint density at radius 2 is 1.76 bits per heavy atom. The predicted molar refractivity (Wildman–Crippen MR) is 70.3 cm³/mol. The number of aromatic carboxylic acids is 1. The second-order valence-electron chi connectivity index (χ2n) is 4.25. The molecule has 0 heterocycles. The molecule has 9 nitrogen and oxygen atoms in total. The minimum atomic E-state index is -1.38. The first-order chi connectivity index (χ1) is 9.72. The molecule has 0 fully saturated rings. The minimum absolute atomic E-state index is 0.107. The van der Waals surface area contributed by atoms with Crippen molar-refractivity contribution < 1.29 is 34.8 Å². The number of benzene rings is 1. The molecule has 0 aromatic heterocycles. The lowest BCUT2D eigenvalue weighted by Crippen LogP contribution is -2.40. The fourth-order valence-electron chi connectivity index (χ4n) is 1.57. The first kappa shape index (κ1) is 16.2. The van der Waals surface area contributed by atoms with Gasteiger partial charge in [-0.2, -0.15) is 0 Å². The SMILES string of the molecule is N[C@@H](CC(Nc1ccc(O)c(C(=O)O)c1)C(=O)O)C(=O)O. The summed E-state index contributed by atoms with van der Waals surface area (Å²) in [5, 5.41) is 38.4. The number of aromatic hydroxyl groups is 1. The van der Waals surface area contributed by atoms with Crippen molar-refractivity contribution in [1.29, 1.82) is 0 Å². The van der Waals surface area contributed by atoms with Crippen LogP contribution in [-0.4, -0.2) is 50.4 Å². The van der Waals surface area contributed by atoms with Crippen molar-refractivity contribution >= 4 is 23.6 Å². The quantitative estimate of drug-likeness (QED) is 0.371. The Labute approximate surface area is 118 Å². The molecule has 0 amide bonds. The zero-order chi connectivity index (χ0) is 16.2. The maximum atomic E-state index is 11.1. The molecule has 0 aliphatic heterocycles. The van der Waals surface area contributed by atoms with Crippen LogP contribution in [0.3, 0.4) is 0 Å². The van der Waals surface area contributed by atoms with Crippen molar-refractivity contribution in [3.63, 3.8) is 0 Å². The van der Waals surface area contributed by atoms with E-state index >= 15 is 0 Å². The zero-order valence-corrected chi connectivity index (χ0v) is 10.7. The summed E-state index contributed by atoms with van der Waals surface area (Å²) in [6.45, 7) is 0. The summed E-state index contributed by atoms with van der Waals surface area (Å²) >= 11 is 0. The largest absolute Gasteiger partial charge is 0.507 e. The number of carboxylic acid groups (broad SMARTS) is 3. The highest BCUT2D eigenvalue weighted by molar-refractivity contribution is 5.92. The maximum Gasteiger partial charge on any atom is 0.339 e. The van der Waals surface area contributed by atoms with E-state index in [9.17, 15) is 19.5 Å². The van der Waals surface area contributed by atoms with Gasteiger partial charge < -0.3 is 31.5 Å². The van der Waals surface area contributed by atoms with Gasteiger partial charge in [-0.25, -0.2) is 9.59 Å². The molecule has 0 radical (unpaired) electrons. The van der Waals surface area contributed by atoms with Crippen molar-refractivity contribution in [3.8, 4) is 5.75 Å². The third kappa shape index (κ3) is 4.35. The highest BCUT2D eigenvalue weighted by atomic mass is 16.4. The van der Waals surface area contributed by atoms with Crippen molar-refractivity contribution in [2.75, 3.05) is 5.32 Å². The summed E-state index contributed by atoms with van der Waals surface area (Å²) in [5.41, 5.74) is 4.97. The number of phenols is 1. The van der Waals surface area contributed by atoms with Crippen LogP contribution in [0.25, 0.3) is 0 Å².